The average Bonchev–Trinajstić information content (AvgIpc) is 2.80. The van der Waals surface area contributed by atoms with Crippen molar-refractivity contribution in [2.75, 3.05) is 5.32 Å². The number of para-hydroxylation sites is 1. The molecule has 0 heterocycles. The summed E-state index contributed by atoms with van der Waals surface area (Å²) in [4.78, 5) is 0. The fourth-order valence-electron chi connectivity index (χ4n) is 3.06. The van der Waals surface area contributed by atoms with E-state index in [9.17, 15) is 0 Å². The van der Waals surface area contributed by atoms with Gasteiger partial charge in [-0.2, -0.15) is 0 Å². The monoisotopic (exact) mass is 615 g/mol. The number of rotatable bonds is 8. The number of ether oxygens (including phenoxy) is 2. The van der Waals surface area contributed by atoms with E-state index < -0.39 is 0 Å². The predicted octanol–water partition coefficient (Wildman–Crippen LogP) is 8.96. The first-order valence-corrected chi connectivity index (χ1v) is 12.4. The molecular weight excluding hydrogens is 598 g/mol. The van der Waals surface area contributed by atoms with Crippen LogP contribution in [0, 0.1) is 0 Å². The van der Waals surface area contributed by atoms with E-state index in [0.29, 0.717) is 13.2 Å². The molecule has 0 aromatic heterocycles. The molecule has 0 aliphatic rings. The largest absolute Gasteiger partial charge is 0.487 e. The van der Waals surface area contributed by atoms with Gasteiger partial charge in [-0.25, -0.2) is 0 Å². The molecular formula is C26H20Br3NO2. The zero-order valence-electron chi connectivity index (χ0n) is 17.0. The molecule has 0 aliphatic carbocycles. The van der Waals surface area contributed by atoms with Gasteiger partial charge in [0.15, 0.2) is 0 Å². The molecule has 0 saturated heterocycles. The molecule has 0 saturated carbocycles. The standard InChI is InChI=1S/C26H20Br3NO2/c27-20-8-6-18(7-9-20)17-31-26-24(28)14-19(15-25(26)29)16-30-21-10-12-23(13-11-21)32-22-4-2-1-3-5-22/h1-15,30H,16-17H2. The lowest BCUT2D eigenvalue weighted by atomic mass is 10.2. The SMILES string of the molecule is Brc1ccc(COc2c(Br)cc(CNc3ccc(Oc4ccccc4)cc3)cc2Br)cc1. The molecule has 0 radical (unpaired) electrons. The molecule has 4 aromatic rings. The van der Waals surface area contributed by atoms with Crippen LogP contribution in [0.15, 0.2) is 104 Å². The average molecular weight is 618 g/mol. The smallest absolute Gasteiger partial charge is 0.148 e. The van der Waals surface area contributed by atoms with E-state index in [0.717, 1.165) is 47.5 Å². The van der Waals surface area contributed by atoms with Crippen molar-refractivity contribution in [3.63, 3.8) is 0 Å². The summed E-state index contributed by atoms with van der Waals surface area (Å²) in [5.74, 6) is 2.42. The Kier molecular flexibility index (Phi) is 7.90. The van der Waals surface area contributed by atoms with Crippen LogP contribution in [0.3, 0.4) is 0 Å². The van der Waals surface area contributed by atoms with Gasteiger partial charge in [0.1, 0.15) is 23.9 Å². The minimum absolute atomic E-state index is 0.499. The van der Waals surface area contributed by atoms with E-state index in [1.807, 2.05) is 78.9 Å². The molecule has 0 bridgehead atoms. The van der Waals surface area contributed by atoms with Crippen molar-refractivity contribution in [1.82, 2.24) is 0 Å². The van der Waals surface area contributed by atoms with E-state index in [2.05, 4.69) is 65.2 Å². The Bertz CT molecular complexity index is 1140. The number of halogens is 3. The molecule has 4 rings (SSSR count). The van der Waals surface area contributed by atoms with Gasteiger partial charge in [0.25, 0.3) is 0 Å². The highest BCUT2D eigenvalue weighted by Gasteiger charge is 2.10. The Morgan fingerprint density at radius 1 is 0.656 bits per heavy atom. The topological polar surface area (TPSA) is 30.5 Å². The predicted molar refractivity (Wildman–Crippen MR) is 141 cm³/mol. The maximum Gasteiger partial charge on any atom is 0.148 e. The van der Waals surface area contributed by atoms with Crippen LogP contribution in [0.2, 0.25) is 0 Å². The van der Waals surface area contributed by atoms with Crippen LogP contribution in [-0.4, -0.2) is 0 Å². The third-order valence-corrected chi connectivity index (χ3v) is 6.39. The van der Waals surface area contributed by atoms with E-state index >= 15 is 0 Å². The summed E-state index contributed by atoms with van der Waals surface area (Å²) < 4.78 is 14.7. The van der Waals surface area contributed by atoms with E-state index in [1.54, 1.807) is 0 Å². The Morgan fingerprint density at radius 2 is 1.28 bits per heavy atom. The van der Waals surface area contributed by atoms with Crippen molar-refractivity contribution in [2.45, 2.75) is 13.2 Å². The van der Waals surface area contributed by atoms with Crippen LogP contribution in [0.25, 0.3) is 0 Å². The van der Waals surface area contributed by atoms with Crippen LogP contribution in [0.5, 0.6) is 17.2 Å². The first-order chi connectivity index (χ1) is 15.6. The Hall–Kier alpha value is -2.28. The molecule has 0 spiro atoms. The maximum atomic E-state index is 6.03. The third-order valence-electron chi connectivity index (χ3n) is 4.68. The normalized spacial score (nSPS) is 10.6. The van der Waals surface area contributed by atoms with E-state index in [1.165, 1.54) is 0 Å². The number of hydrogen-bond donors (Lipinski definition) is 1. The van der Waals surface area contributed by atoms with E-state index in [-0.39, 0.29) is 0 Å². The van der Waals surface area contributed by atoms with Crippen molar-refractivity contribution >= 4 is 53.5 Å². The Morgan fingerprint density at radius 3 is 1.94 bits per heavy atom. The van der Waals surface area contributed by atoms with Gasteiger partial charge in [-0.15, -0.1) is 0 Å². The van der Waals surface area contributed by atoms with Crippen molar-refractivity contribution in [3.05, 3.63) is 116 Å². The summed E-state index contributed by atoms with van der Waals surface area (Å²) in [5, 5.41) is 3.45. The van der Waals surface area contributed by atoms with Crippen molar-refractivity contribution in [2.24, 2.45) is 0 Å². The second-order valence-electron chi connectivity index (χ2n) is 7.10. The van der Waals surface area contributed by atoms with Crippen molar-refractivity contribution < 1.29 is 9.47 Å². The fraction of sp³-hybridized carbons (Fsp3) is 0.0769. The summed E-state index contributed by atoms with van der Waals surface area (Å²) in [5.41, 5.74) is 3.26. The Labute approximate surface area is 213 Å². The maximum absolute atomic E-state index is 6.03. The summed E-state index contributed by atoms with van der Waals surface area (Å²) >= 11 is 10.7. The lowest BCUT2D eigenvalue weighted by molar-refractivity contribution is 0.302. The van der Waals surface area contributed by atoms with Crippen LogP contribution in [0.4, 0.5) is 5.69 Å². The van der Waals surface area contributed by atoms with Gasteiger partial charge in [-0.05, 0) is 104 Å². The number of hydrogen-bond acceptors (Lipinski definition) is 3. The zero-order chi connectivity index (χ0) is 22.3. The molecule has 162 valence electrons. The van der Waals surface area contributed by atoms with E-state index in [4.69, 9.17) is 9.47 Å². The zero-order valence-corrected chi connectivity index (χ0v) is 21.8. The number of anilines is 1. The van der Waals surface area contributed by atoms with Crippen LogP contribution in [0.1, 0.15) is 11.1 Å². The molecule has 1 N–H and O–H groups in total. The van der Waals surface area contributed by atoms with Gasteiger partial charge in [0, 0.05) is 16.7 Å². The molecule has 6 heteroatoms. The fourth-order valence-corrected chi connectivity index (χ4v) is 4.83. The summed E-state index contributed by atoms with van der Waals surface area (Å²) in [6.45, 7) is 1.18. The molecule has 0 fully saturated rings. The highest BCUT2D eigenvalue weighted by atomic mass is 79.9. The minimum atomic E-state index is 0.499. The summed E-state index contributed by atoms with van der Waals surface area (Å²) in [6.07, 6.45) is 0. The van der Waals surface area contributed by atoms with Gasteiger partial charge in [-0.1, -0.05) is 46.3 Å². The van der Waals surface area contributed by atoms with Crippen molar-refractivity contribution in [1.29, 1.82) is 0 Å². The quantitative estimate of drug-likeness (QED) is 0.214. The molecule has 0 atom stereocenters. The number of nitrogens with one attached hydrogen (secondary N) is 1. The van der Waals surface area contributed by atoms with Gasteiger partial charge >= 0.3 is 0 Å². The van der Waals surface area contributed by atoms with Crippen LogP contribution >= 0.6 is 47.8 Å². The Balaban J connectivity index is 1.34. The highest BCUT2D eigenvalue weighted by molar-refractivity contribution is 9.11. The third kappa shape index (κ3) is 6.37. The lowest BCUT2D eigenvalue weighted by Crippen LogP contribution is -2.01. The molecule has 4 aromatic carbocycles. The molecule has 0 aliphatic heterocycles. The molecule has 3 nitrogen and oxygen atoms in total. The second-order valence-corrected chi connectivity index (χ2v) is 9.72. The van der Waals surface area contributed by atoms with Gasteiger partial charge in [0.2, 0.25) is 0 Å². The van der Waals surface area contributed by atoms with Gasteiger partial charge < -0.3 is 14.8 Å². The van der Waals surface area contributed by atoms with Gasteiger partial charge in [0.05, 0.1) is 8.95 Å². The first kappa shape index (κ1) is 22.9. The van der Waals surface area contributed by atoms with Gasteiger partial charge in [-0.3, -0.25) is 0 Å². The van der Waals surface area contributed by atoms with Crippen molar-refractivity contribution in [3.8, 4) is 17.2 Å². The highest BCUT2D eigenvalue weighted by Crippen LogP contribution is 2.35. The first-order valence-electron chi connectivity index (χ1n) is 9.99. The second kappa shape index (κ2) is 11.0. The molecule has 32 heavy (non-hydrogen) atoms. The minimum Gasteiger partial charge on any atom is -0.487 e. The lowest BCUT2D eigenvalue weighted by Gasteiger charge is -2.14. The molecule has 0 amide bonds. The molecule has 0 unspecified atom stereocenters. The summed E-state index contributed by atoms with van der Waals surface area (Å²) in [6, 6.07) is 30.0. The summed E-state index contributed by atoms with van der Waals surface area (Å²) in [7, 11) is 0. The van der Waals surface area contributed by atoms with Crippen LogP contribution < -0.4 is 14.8 Å². The number of benzene rings is 4. The van der Waals surface area contributed by atoms with Crippen LogP contribution in [-0.2, 0) is 13.2 Å².